The fraction of sp³-hybridized carbons (Fsp3) is 0.500. The van der Waals surface area contributed by atoms with Crippen molar-refractivity contribution in [3.63, 3.8) is 0 Å². The minimum atomic E-state index is 0.216. The maximum absolute atomic E-state index is 9.35. The third-order valence-corrected chi connectivity index (χ3v) is 3.72. The van der Waals surface area contributed by atoms with E-state index in [-0.39, 0.29) is 11.9 Å². The van der Waals surface area contributed by atoms with Crippen molar-refractivity contribution in [2.24, 2.45) is 4.99 Å². The second kappa shape index (κ2) is 8.31. The number of rotatable bonds is 6. The lowest BCUT2D eigenvalue weighted by molar-refractivity contribution is 0.290. The summed E-state index contributed by atoms with van der Waals surface area (Å²) >= 11 is 1.69. The van der Waals surface area contributed by atoms with E-state index in [9.17, 15) is 5.11 Å². The van der Waals surface area contributed by atoms with E-state index in [0.717, 1.165) is 30.0 Å². The molecule has 0 aliphatic heterocycles. The molecule has 1 rings (SSSR count). The highest BCUT2D eigenvalue weighted by molar-refractivity contribution is 8.15. The van der Waals surface area contributed by atoms with Gasteiger partial charge < -0.3 is 5.11 Å². The van der Waals surface area contributed by atoms with Crippen LogP contribution in [0, 0.1) is 0 Å². The zero-order valence-corrected chi connectivity index (χ0v) is 11.4. The van der Waals surface area contributed by atoms with Gasteiger partial charge >= 0.3 is 0 Å². The summed E-state index contributed by atoms with van der Waals surface area (Å²) in [5, 5.41) is 10.6. The number of aliphatic hydroxyl groups excluding tert-OH is 1. The second-order valence-electron chi connectivity index (χ2n) is 3.86. The second-order valence-corrected chi connectivity index (χ2v) is 5.15. The Bertz CT molecular complexity index is 337. The van der Waals surface area contributed by atoms with Crippen LogP contribution in [0.15, 0.2) is 35.3 Å². The number of nitrogens with zero attached hydrogens (tertiary/aromatic N) is 1. The van der Waals surface area contributed by atoms with Gasteiger partial charge in [0.2, 0.25) is 0 Å². The quantitative estimate of drug-likeness (QED) is 0.621. The van der Waals surface area contributed by atoms with Crippen LogP contribution < -0.4 is 0 Å². The first-order chi connectivity index (χ1) is 8.31. The molecule has 0 heterocycles. The largest absolute Gasteiger partial charge is 0.395 e. The monoisotopic (exact) mass is 251 g/mol. The van der Waals surface area contributed by atoms with E-state index in [1.807, 2.05) is 25.1 Å². The number of hydrogen-bond acceptors (Lipinski definition) is 3. The van der Waals surface area contributed by atoms with Gasteiger partial charge in [0.25, 0.3) is 0 Å². The van der Waals surface area contributed by atoms with Gasteiger partial charge in [-0.3, -0.25) is 4.99 Å². The zero-order valence-electron chi connectivity index (χ0n) is 10.6. The normalized spacial score (nSPS) is 13.7. The molecule has 1 aromatic carbocycles. The Morgan fingerprint density at radius 2 is 2.00 bits per heavy atom. The Morgan fingerprint density at radius 3 is 2.53 bits per heavy atom. The molecule has 0 saturated carbocycles. The standard InChI is InChI=1S/C14H21NOS/c1-3-8-13(11-16)17-14(15-4-2)12-9-6-5-7-10-12/h5-7,9-10,13,16H,3-4,8,11H2,1-2H3/b15-14-. The first-order valence-corrected chi connectivity index (χ1v) is 7.07. The smallest absolute Gasteiger partial charge is 0.0980 e. The van der Waals surface area contributed by atoms with Crippen LogP contribution in [0.1, 0.15) is 32.3 Å². The van der Waals surface area contributed by atoms with Gasteiger partial charge in [-0.1, -0.05) is 43.7 Å². The van der Waals surface area contributed by atoms with E-state index < -0.39 is 0 Å². The molecule has 0 aliphatic carbocycles. The molecule has 1 aromatic rings. The molecular formula is C14H21NOS. The fourth-order valence-corrected chi connectivity index (χ4v) is 2.81. The van der Waals surface area contributed by atoms with Crippen LogP contribution in [0.25, 0.3) is 0 Å². The molecule has 17 heavy (non-hydrogen) atoms. The maximum Gasteiger partial charge on any atom is 0.0980 e. The van der Waals surface area contributed by atoms with Crippen molar-refractivity contribution in [1.82, 2.24) is 0 Å². The summed E-state index contributed by atoms with van der Waals surface area (Å²) in [6.07, 6.45) is 2.11. The van der Waals surface area contributed by atoms with Gasteiger partial charge in [-0.15, -0.1) is 11.8 Å². The van der Waals surface area contributed by atoms with Gasteiger partial charge in [-0.05, 0) is 13.3 Å². The van der Waals surface area contributed by atoms with Crippen molar-refractivity contribution in [2.45, 2.75) is 31.9 Å². The van der Waals surface area contributed by atoms with E-state index in [4.69, 9.17) is 0 Å². The van der Waals surface area contributed by atoms with Crippen LogP contribution in [0.2, 0.25) is 0 Å². The Hall–Kier alpha value is -0.800. The van der Waals surface area contributed by atoms with Crippen molar-refractivity contribution in [2.75, 3.05) is 13.2 Å². The number of hydrogen-bond donors (Lipinski definition) is 1. The molecule has 1 atom stereocenters. The lowest BCUT2D eigenvalue weighted by atomic mass is 10.2. The maximum atomic E-state index is 9.35. The summed E-state index contributed by atoms with van der Waals surface area (Å²) in [5.74, 6) is 0. The molecule has 1 unspecified atom stereocenters. The third kappa shape index (κ3) is 4.92. The lowest BCUT2D eigenvalue weighted by Gasteiger charge is -2.14. The third-order valence-electron chi connectivity index (χ3n) is 2.42. The van der Waals surface area contributed by atoms with Crippen molar-refractivity contribution < 1.29 is 5.11 Å². The molecule has 0 amide bonds. The minimum Gasteiger partial charge on any atom is -0.395 e. The van der Waals surface area contributed by atoms with Gasteiger partial charge in [0.15, 0.2) is 0 Å². The highest BCUT2D eigenvalue weighted by Gasteiger charge is 2.12. The van der Waals surface area contributed by atoms with Gasteiger partial charge in [0.1, 0.15) is 0 Å². The van der Waals surface area contributed by atoms with Gasteiger partial charge in [0.05, 0.1) is 11.7 Å². The topological polar surface area (TPSA) is 32.6 Å². The van der Waals surface area contributed by atoms with Crippen molar-refractivity contribution >= 4 is 16.8 Å². The van der Waals surface area contributed by atoms with E-state index in [1.165, 1.54) is 0 Å². The SMILES string of the molecule is CCCC(CO)S/C(=N\CC)c1ccccc1. The zero-order chi connectivity index (χ0) is 12.5. The molecule has 3 heteroatoms. The van der Waals surface area contributed by atoms with Crippen LogP contribution in [-0.4, -0.2) is 28.6 Å². The van der Waals surface area contributed by atoms with Crippen LogP contribution in [0.3, 0.4) is 0 Å². The molecule has 94 valence electrons. The van der Waals surface area contributed by atoms with Gasteiger partial charge in [-0.25, -0.2) is 0 Å². The number of thioether (sulfide) groups is 1. The molecule has 0 saturated heterocycles. The number of aliphatic imine (C=N–C) groups is 1. The summed E-state index contributed by atoms with van der Waals surface area (Å²) in [5.41, 5.74) is 1.15. The number of aliphatic hydroxyl groups is 1. The van der Waals surface area contributed by atoms with Gasteiger partial charge in [-0.2, -0.15) is 0 Å². The summed E-state index contributed by atoms with van der Waals surface area (Å²) in [4.78, 5) is 4.53. The molecule has 0 aromatic heterocycles. The molecule has 0 radical (unpaired) electrons. The summed E-state index contributed by atoms with van der Waals surface area (Å²) in [7, 11) is 0. The average molecular weight is 251 g/mol. The molecule has 0 spiro atoms. The van der Waals surface area contributed by atoms with Crippen LogP contribution in [-0.2, 0) is 0 Å². The van der Waals surface area contributed by atoms with E-state index >= 15 is 0 Å². The van der Waals surface area contributed by atoms with Crippen molar-refractivity contribution in [3.05, 3.63) is 35.9 Å². The fourth-order valence-electron chi connectivity index (χ4n) is 1.59. The molecule has 2 nitrogen and oxygen atoms in total. The molecule has 0 bridgehead atoms. The summed E-state index contributed by atoms with van der Waals surface area (Å²) in [6.45, 7) is 5.18. The molecular weight excluding hydrogens is 230 g/mol. The van der Waals surface area contributed by atoms with Crippen molar-refractivity contribution in [3.8, 4) is 0 Å². The molecule has 1 N–H and O–H groups in total. The van der Waals surface area contributed by atoms with Crippen LogP contribution in [0.4, 0.5) is 0 Å². The van der Waals surface area contributed by atoms with Crippen LogP contribution >= 0.6 is 11.8 Å². The van der Waals surface area contributed by atoms with Crippen LogP contribution in [0.5, 0.6) is 0 Å². The summed E-state index contributed by atoms with van der Waals surface area (Å²) in [6, 6.07) is 10.2. The first kappa shape index (κ1) is 14.3. The minimum absolute atomic E-state index is 0.216. The van der Waals surface area contributed by atoms with E-state index in [1.54, 1.807) is 11.8 Å². The molecule has 0 fully saturated rings. The van der Waals surface area contributed by atoms with E-state index in [0.29, 0.717) is 0 Å². The lowest BCUT2D eigenvalue weighted by Crippen LogP contribution is -2.12. The van der Waals surface area contributed by atoms with Gasteiger partial charge in [0, 0.05) is 17.4 Å². The Kier molecular flexibility index (Phi) is 6.97. The Balaban J connectivity index is 2.77. The Labute approximate surface area is 108 Å². The van der Waals surface area contributed by atoms with E-state index in [2.05, 4.69) is 24.0 Å². The highest BCUT2D eigenvalue weighted by Crippen LogP contribution is 2.22. The Morgan fingerprint density at radius 1 is 1.29 bits per heavy atom. The summed E-state index contributed by atoms with van der Waals surface area (Å²) < 4.78 is 0. The number of benzene rings is 1. The highest BCUT2D eigenvalue weighted by atomic mass is 32.2. The van der Waals surface area contributed by atoms with Crippen molar-refractivity contribution in [1.29, 1.82) is 0 Å². The first-order valence-electron chi connectivity index (χ1n) is 6.19. The predicted octanol–water partition coefficient (Wildman–Crippen LogP) is 3.35. The average Bonchev–Trinajstić information content (AvgIpc) is 2.38. The molecule has 0 aliphatic rings. The predicted molar refractivity (Wildman–Crippen MR) is 76.9 cm³/mol.